The number of hydrogen-bond donors (Lipinski definition) is 0. The number of carbonyl (C=O) groups is 1. The van der Waals surface area contributed by atoms with Crippen LogP contribution in [0, 0.1) is 0 Å². The van der Waals surface area contributed by atoms with Crippen LogP contribution in [-0.4, -0.2) is 12.4 Å². The third-order valence-corrected chi connectivity index (χ3v) is 2.88. The Labute approximate surface area is 103 Å². The number of carbonyl (C=O) groups excluding carboxylic acids is 1. The number of methoxy groups -OCH3 is 1. The van der Waals surface area contributed by atoms with Gasteiger partial charge in [0.2, 0.25) is 0 Å². The van der Waals surface area contributed by atoms with Crippen molar-refractivity contribution in [3.05, 3.63) is 40.9 Å². The molecule has 4 heteroatoms. The second-order valence-electron chi connectivity index (χ2n) is 3.25. The molecule has 0 spiro atoms. The number of rotatable bonds is 2. The van der Waals surface area contributed by atoms with Gasteiger partial charge in [0, 0.05) is 11.5 Å². The SMILES string of the molecule is COc1cc(Cl)c2ccccc2c1C(=O)Cl. The van der Waals surface area contributed by atoms with Crippen LogP contribution in [0.4, 0.5) is 0 Å². The molecule has 2 nitrogen and oxygen atoms in total. The Bertz CT molecular complexity index is 564. The van der Waals surface area contributed by atoms with E-state index in [0.29, 0.717) is 21.7 Å². The summed E-state index contributed by atoms with van der Waals surface area (Å²) < 4.78 is 5.11. The van der Waals surface area contributed by atoms with E-state index in [2.05, 4.69) is 0 Å². The van der Waals surface area contributed by atoms with Gasteiger partial charge in [0.05, 0.1) is 17.7 Å². The predicted molar refractivity (Wildman–Crippen MR) is 65.7 cm³/mol. The topological polar surface area (TPSA) is 26.3 Å². The Morgan fingerprint density at radius 1 is 1.25 bits per heavy atom. The Morgan fingerprint density at radius 2 is 1.88 bits per heavy atom. The molecule has 0 unspecified atom stereocenters. The summed E-state index contributed by atoms with van der Waals surface area (Å²) in [6.45, 7) is 0. The average Bonchev–Trinajstić information content (AvgIpc) is 2.28. The molecule has 2 rings (SSSR count). The third-order valence-electron chi connectivity index (χ3n) is 2.37. The van der Waals surface area contributed by atoms with Gasteiger partial charge < -0.3 is 4.74 Å². The van der Waals surface area contributed by atoms with E-state index in [1.807, 2.05) is 18.2 Å². The Balaban J connectivity index is 2.92. The van der Waals surface area contributed by atoms with Gasteiger partial charge in [0.25, 0.3) is 5.24 Å². The van der Waals surface area contributed by atoms with E-state index >= 15 is 0 Å². The van der Waals surface area contributed by atoms with Crippen LogP contribution in [0.3, 0.4) is 0 Å². The number of hydrogen-bond acceptors (Lipinski definition) is 2. The van der Waals surface area contributed by atoms with E-state index in [1.54, 1.807) is 12.1 Å². The molecule has 0 bridgehead atoms. The average molecular weight is 255 g/mol. The molecule has 0 N–H and O–H groups in total. The van der Waals surface area contributed by atoms with E-state index in [9.17, 15) is 4.79 Å². The Hall–Kier alpha value is -1.25. The predicted octanol–water partition coefficient (Wildman–Crippen LogP) is 3.88. The minimum absolute atomic E-state index is 0.351. The van der Waals surface area contributed by atoms with Gasteiger partial charge in [-0.2, -0.15) is 0 Å². The minimum atomic E-state index is -0.551. The summed E-state index contributed by atoms with van der Waals surface area (Å²) in [6, 6.07) is 8.89. The van der Waals surface area contributed by atoms with Crippen molar-refractivity contribution in [2.24, 2.45) is 0 Å². The van der Waals surface area contributed by atoms with E-state index in [-0.39, 0.29) is 0 Å². The summed E-state index contributed by atoms with van der Waals surface area (Å²) in [5.74, 6) is 0.392. The second-order valence-corrected chi connectivity index (χ2v) is 4.01. The molecule has 0 amide bonds. The molecule has 0 aliphatic rings. The van der Waals surface area contributed by atoms with Gasteiger partial charge in [-0.1, -0.05) is 35.9 Å². The van der Waals surface area contributed by atoms with Crippen molar-refractivity contribution < 1.29 is 9.53 Å². The van der Waals surface area contributed by atoms with Crippen LogP contribution in [0.25, 0.3) is 10.8 Å². The molecule has 0 fully saturated rings. The van der Waals surface area contributed by atoms with Crippen LogP contribution < -0.4 is 4.74 Å². The lowest BCUT2D eigenvalue weighted by atomic mass is 10.0. The van der Waals surface area contributed by atoms with Gasteiger partial charge in [-0.3, -0.25) is 4.79 Å². The highest BCUT2D eigenvalue weighted by molar-refractivity contribution is 6.69. The van der Waals surface area contributed by atoms with Crippen molar-refractivity contribution in [1.29, 1.82) is 0 Å². The number of ether oxygens (including phenoxy) is 1. The maximum absolute atomic E-state index is 11.4. The van der Waals surface area contributed by atoms with E-state index in [0.717, 1.165) is 5.39 Å². The highest BCUT2D eigenvalue weighted by atomic mass is 35.5. The first kappa shape index (κ1) is 11.2. The molecule has 0 aliphatic carbocycles. The van der Waals surface area contributed by atoms with Crippen LogP contribution >= 0.6 is 23.2 Å². The lowest BCUT2D eigenvalue weighted by Gasteiger charge is -2.10. The van der Waals surface area contributed by atoms with Crippen molar-refractivity contribution in [3.63, 3.8) is 0 Å². The fourth-order valence-corrected chi connectivity index (χ4v) is 2.13. The van der Waals surface area contributed by atoms with Crippen molar-refractivity contribution in [1.82, 2.24) is 0 Å². The number of halogens is 2. The van der Waals surface area contributed by atoms with Crippen molar-refractivity contribution in [3.8, 4) is 5.75 Å². The molecular weight excluding hydrogens is 247 g/mol. The van der Waals surface area contributed by atoms with E-state index < -0.39 is 5.24 Å². The third kappa shape index (κ3) is 1.75. The lowest BCUT2D eigenvalue weighted by Crippen LogP contribution is -1.97. The molecule has 2 aromatic rings. The van der Waals surface area contributed by atoms with Gasteiger partial charge in [-0.15, -0.1) is 0 Å². The highest BCUT2D eigenvalue weighted by Gasteiger charge is 2.16. The first-order chi connectivity index (χ1) is 7.65. The zero-order chi connectivity index (χ0) is 11.7. The molecule has 82 valence electrons. The Kier molecular flexibility index (Phi) is 3.03. The number of benzene rings is 2. The first-order valence-electron chi connectivity index (χ1n) is 4.60. The summed E-state index contributed by atoms with van der Waals surface area (Å²) in [6.07, 6.45) is 0. The zero-order valence-corrected chi connectivity index (χ0v) is 9.97. The first-order valence-corrected chi connectivity index (χ1v) is 5.36. The summed E-state index contributed by atoms with van der Waals surface area (Å²) in [7, 11) is 1.48. The van der Waals surface area contributed by atoms with E-state index in [1.165, 1.54) is 7.11 Å². The van der Waals surface area contributed by atoms with Gasteiger partial charge in [0.1, 0.15) is 5.75 Å². The quantitative estimate of drug-likeness (QED) is 0.761. The van der Waals surface area contributed by atoms with Gasteiger partial charge in [-0.05, 0) is 17.0 Å². The molecule has 0 saturated carbocycles. The monoisotopic (exact) mass is 254 g/mol. The van der Waals surface area contributed by atoms with Crippen LogP contribution in [0.15, 0.2) is 30.3 Å². The van der Waals surface area contributed by atoms with E-state index in [4.69, 9.17) is 27.9 Å². The van der Waals surface area contributed by atoms with Crippen LogP contribution in [0.5, 0.6) is 5.75 Å². The summed E-state index contributed by atoms with van der Waals surface area (Å²) in [4.78, 5) is 11.4. The highest BCUT2D eigenvalue weighted by Crippen LogP contribution is 2.34. The van der Waals surface area contributed by atoms with Crippen molar-refractivity contribution in [2.75, 3.05) is 7.11 Å². The minimum Gasteiger partial charge on any atom is -0.496 e. The van der Waals surface area contributed by atoms with Crippen LogP contribution in [-0.2, 0) is 0 Å². The number of fused-ring (bicyclic) bond motifs is 1. The maximum atomic E-state index is 11.4. The van der Waals surface area contributed by atoms with Crippen LogP contribution in [0.1, 0.15) is 10.4 Å². The standard InChI is InChI=1S/C12H8Cl2O2/c1-16-10-6-9(13)7-4-2-3-5-8(7)11(10)12(14)15/h2-6H,1H3. The summed E-state index contributed by atoms with van der Waals surface area (Å²) in [5.41, 5.74) is 0.351. The smallest absolute Gasteiger partial charge is 0.256 e. The summed E-state index contributed by atoms with van der Waals surface area (Å²) >= 11 is 11.6. The fraction of sp³-hybridized carbons (Fsp3) is 0.0833. The maximum Gasteiger partial charge on any atom is 0.256 e. The summed E-state index contributed by atoms with van der Waals surface area (Å²) in [5, 5.41) is 1.47. The molecule has 0 atom stereocenters. The molecule has 0 heterocycles. The lowest BCUT2D eigenvalue weighted by molar-refractivity contribution is 0.108. The zero-order valence-electron chi connectivity index (χ0n) is 8.46. The molecule has 0 saturated heterocycles. The molecule has 0 aromatic heterocycles. The Morgan fingerprint density at radius 3 is 2.44 bits per heavy atom. The molecular formula is C12H8Cl2O2. The second kappa shape index (κ2) is 4.32. The molecule has 0 radical (unpaired) electrons. The normalized spacial score (nSPS) is 10.4. The largest absolute Gasteiger partial charge is 0.496 e. The molecule has 2 aromatic carbocycles. The molecule has 16 heavy (non-hydrogen) atoms. The molecule has 0 aliphatic heterocycles. The van der Waals surface area contributed by atoms with Crippen LogP contribution in [0.2, 0.25) is 5.02 Å². The fourth-order valence-electron chi connectivity index (χ4n) is 1.67. The van der Waals surface area contributed by atoms with Gasteiger partial charge >= 0.3 is 0 Å². The van der Waals surface area contributed by atoms with Crippen molar-refractivity contribution in [2.45, 2.75) is 0 Å². The van der Waals surface area contributed by atoms with Gasteiger partial charge in [0.15, 0.2) is 0 Å². The van der Waals surface area contributed by atoms with Crippen molar-refractivity contribution >= 4 is 39.2 Å². The van der Waals surface area contributed by atoms with Gasteiger partial charge in [-0.25, -0.2) is 0 Å².